The van der Waals surface area contributed by atoms with Gasteiger partial charge in [-0.3, -0.25) is 4.68 Å². The van der Waals surface area contributed by atoms with Crippen LogP contribution in [0.3, 0.4) is 0 Å². The Labute approximate surface area is 91.1 Å². The summed E-state index contributed by atoms with van der Waals surface area (Å²) in [5.74, 6) is -0.257. The lowest BCUT2D eigenvalue weighted by molar-refractivity contribution is 0.601. The molecule has 0 spiro atoms. The molecule has 0 aliphatic carbocycles. The predicted octanol–water partition coefficient (Wildman–Crippen LogP) is 2.29. The molecule has 2 rings (SSSR count). The summed E-state index contributed by atoms with van der Waals surface area (Å²) in [6, 6.07) is 6.56. The normalized spacial score (nSPS) is 10.5. The maximum absolute atomic E-state index is 13.3. The van der Waals surface area contributed by atoms with Crippen LogP contribution in [0.4, 0.5) is 10.1 Å². The van der Waals surface area contributed by atoms with Gasteiger partial charge < -0.3 is 5.73 Å². The first-order valence-electron chi connectivity index (χ1n) is 4.38. The Morgan fingerprint density at radius 3 is 2.73 bits per heavy atom. The minimum absolute atomic E-state index is 0.257. The molecule has 0 atom stereocenters. The third kappa shape index (κ3) is 2.12. The van der Waals surface area contributed by atoms with Crippen LogP contribution in [0.25, 0.3) is 0 Å². The first-order chi connectivity index (χ1) is 7.16. The van der Waals surface area contributed by atoms with E-state index >= 15 is 0 Å². The van der Waals surface area contributed by atoms with Crippen molar-refractivity contribution in [3.63, 3.8) is 0 Å². The van der Waals surface area contributed by atoms with Gasteiger partial charge in [-0.1, -0.05) is 23.9 Å². The second kappa shape index (κ2) is 3.94. The molecular weight excluding hydrogens is 213 g/mol. The van der Waals surface area contributed by atoms with Gasteiger partial charge in [-0.05, 0) is 12.1 Å². The molecule has 15 heavy (non-hydrogen) atoms. The molecule has 1 aromatic carbocycles. The first kappa shape index (κ1) is 10.0. The van der Waals surface area contributed by atoms with Gasteiger partial charge in [-0.2, -0.15) is 5.10 Å². The van der Waals surface area contributed by atoms with E-state index in [2.05, 4.69) is 5.10 Å². The van der Waals surface area contributed by atoms with Crippen molar-refractivity contribution in [1.29, 1.82) is 0 Å². The summed E-state index contributed by atoms with van der Waals surface area (Å²) in [6.07, 6.45) is 1.70. The van der Waals surface area contributed by atoms with Crippen LogP contribution in [0, 0.1) is 5.82 Å². The van der Waals surface area contributed by atoms with Crippen LogP contribution >= 0.6 is 11.8 Å². The fourth-order valence-corrected chi connectivity index (χ4v) is 2.06. The van der Waals surface area contributed by atoms with Crippen LogP contribution in [0.15, 0.2) is 40.4 Å². The molecule has 0 unspecified atom stereocenters. The molecule has 2 aromatic rings. The van der Waals surface area contributed by atoms with Crippen LogP contribution in [0.5, 0.6) is 0 Å². The van der Waals surface area contributed by atoms with Crippen molar-refractivity contribution in [3.05, 3.63) is 36.3 Å². The van der Waals surface area contributed by atoms with Gasteiger partial charge in [0.05, 0.1) is 5.69 Å². The van der Waals surface area contributed by atoms with Crippen LogP contribution < -0.4 is 5.73 Å². The Kier molecular flexibility index (Phi) is 2.64. The van der Waals surface area contributed by atoms with E-state index in [-0.39, 0.29) is 5.82 Å². The molecule has 5 heteroatoms. The maximum Gasteiger partial charge on any atom is 0.146 e. The largest absolute Gasteiger partial charge is 0.395 e. The highest BCUT2D eigenvalue weighted by Gasteiger charge is 2.09. The van der Waals surface area contributed by atoms with Crippen molar-refractivity contribution < 1.29 is 4.39 Å². The standard InChI is InChI=1S/C10H10FN3S/c1-14-6-8(12)10(13-14)15-9-5-3-2-4-7(9)11/h2-6H,12H2,1H3. The van der Waals surface area contributed by atoms with E-state index in [0.29, 0.717) is 15.6 Å². The van der Waals surface area contributed by atoms with Gasteiger partial charge in [0.2, 0.25) is 0 Å². The Bertz CT molecular complexity index is 481. The molecular formula is C10H10FN3S. The molecule has 0 aliphatic rings. The predicted molar refractivity (Wildman–Crippen MR) is 58.1 cm³/mol. The number of hydrogen-bond acceptors (Lipinski definition) is 3. The number of aromatic nitrogens is 2. The highest BCUT2D eigenvalue weighted by atomic mass is 32.2. The monoisotopic (exact) mass is 223 g/mol. The zero-order valence-electron chi connectivity index (χ0n) is 8.14. The van der Waals surface area contributed by atoms with E-state index in [1.165, 1.54) is 17.8 Å². The van der Waals surface area contributed by atoms with Crippen molar-refractivity contribution in [1.82, 2.24) is 9.78 Å². The number of benzene rings is 1. The Hall–Kier alpha value is -1.49. The quantitative estimate of drug-likeness (QED) is 0.849. The van der Waals surface area contributed by atoms with Crippen molar-refractivity contribution in [2.45, 2.75) is 9.92 Å². The molecule has 78 valence electrons. The van der Waals surface area contributed by atoms with Crippen LogP contribution in [-0.2, 0) is 7.05 Å². The van der Waals surface area contributed by atoms with Gasteiger partial charge in [0.15, 0.2) is 0 Å². The fraction of sp³-hybridized carbons (Fsp3) is 0.100. The van der Waals surface area contributed by atoms with Crippen LogP contribution in [0.1, 0.15) is 0 Å². The summed E-state index contributed by atoms with van der Waals surface area (Å²) < 4.78 is 14.9. The number of rotatable bonds is 2. The lowest BCUT2D eigenvalue weighted by Crippen LogP contribution is -1.87. The van der Waals surface area contributed by atoms with Crippen molar-refractivity contribution in [2.24, 2.45) is 7.05 Å². The average molecular weight is 223 g/mol. The summed E-state index contributed by atoms with van der Waals surface area (Å²) >= 11 is 1.23. The van der Waals surface area contributed by atoms with Crippen molar-refractivity contribution in [3.8, 4) is 0 Å². The van der Waals surface area contributed by atoms with Gasteiger partial charge in [0.1, 0.15) is 10.8 Å². The topological polar surface area (TPSA) is 43.8 Å². The maximum atomic E-state index is 13.3. The molecule has 0 amide bonds. The Balaban J connectivity index is 2.29. The van der Waals surface area contributed by atoms with Gasteiger partial charge in [0.25, 0.3) is 0 Å². The number of aryl methyl sites for hydroxylation is 1. The average Bonchev–Trinajstić information content (AvgIpc) is 2.49. The van der Waals surface area contributed by atoms with Crippen molar-refractivity contribution >= 4 is 17.4 Å². The summed E-state index contributed by atoms with van der Waals surface area (Å²) in [6.45, 7) is 0. The van der Waals surface area contributed by atoms with Crippen LogP contribution in [-0.4, -0.2) is 9.78 Å². The lowest BCUT2D eigenvalue weighted by atomic mass is 10.3. The third-order valence-corrected chi connectivity index (χ3v) is 2.93. The molecule has 2 N–H and O–H groups in total. The first-order valence-corrected chi connectivity index (χ1v) is 5.20. The van der Waals surface area contributed by atoms with E-state index in [0.717, 1.165) is 0 Å². The summed E-state index contributed by atoms with van der Waals surface area (Å²) in [4.78, 5) is 0.530. The van der Waals surface area contributed by atoms with E-state index in [1.807, 2.05) is 0 Å². The Morgan fingerprint density at radius 1 is 1.40 bits per heavy atom. The molecule has 3 nitrogen and oxygen atoms in total. The van der Waals surface area contributed by atoms with Gasteiger partial charge in [-0.25, -0.2) is 4.39 Å². The fourth-order valence-electron chi connectivity index (χ4n) is 1.20. The number of nitrogens with two attached hydrogens (primary N) is 1. The molecule has 0 fully saturated rings. The van der Waals surface area contributed by atoms with Gasteiger partial charge in [0, 0.05) is 18.1 Å². The van der Waals surface area contributed by atoms with Gasteiger partial charge in [-0.15, -0.1) is 0 Å². The molecule has 0 saturated heterocycles. The molecule has 1 heterocycles. The minimum Gasteiger partial charge on any atom is -0.395 e. The smallest absolute Gasteiger partial charge is 0.146 e. The summed E-state index contributed by atoms with van der Waals surface area (Å²) in [5, 5.41) is 4.76. The number of halogens is 1. The van der Waals surface area contributed by atoms with Gasteiger partial charge >= 0.3 is 0 Å². The number of nitrogen functional groups attached to an aromatic ring is 1. The zero-order valence-corrected chi connectivity index (χ0v) is 8.96. The molecule has 0 bridgehead atoms. The van der Waals surface area contributed by atoms with E-state index in [9.17, 15) is 4.39 Å². The second-order valence-electron chi connectivity index (χ2n) is 3.10. The molecule has 0 saturated carbocycles. The third-order valence-electron chi connectivity index (χ3n) is 1.86. The van der Waals surface area contributed by atoms with Crippen LogP contribution in [0.2, 0.25) is 0 Å². The summed E-state index contributed by atoms with van der Waals surface area (Å²) in [5.41, 5.74) is 6.27. The molecule has 0 radical (unpaired) electrons. The SMILES string of the molecule is Cn1cc(N)c(Sc2ccccc2F)n1. The number of nitrogens with zero attached hydrogens (tertiary/aromatic N) is 2. The highest BCUT2D eigenvalue weighted by molar-refractivity contribution is 7.99. The molecule has 1 aromatic heterocycles. The lowest BCUT2D eigenvalue weighted by Gasteiger charge is -1.99. The number of hydrogen-bond donors (Lipinski definition) is 1. The Morgan fingerprint density at radius 2 is 2.13 bits per heavy atom. The number of anilines is 1. The van der Waals surface area contributed by atoms with E-state index in [1.54, 1.807) is 36.1 Å². The van der Waals surface area contributed by atoms with E-state index < -0.39 is 0 Å². The summed E-state index contributed by atoms with van der Waals surface area (Å²) in [7, 11) is 1.78. The minimum atomic E-state index is -0.257. The zero-order chi connectivity index (χ0) is 10.8. The second-order valence-corrected chi connectivity index (χ2v) is 4.13. The van der Waals surface area contributed by atoms with E-state index in [4.69, 9.17) is 5.73 Å². The molecule has 0 aliphatic heterocycles. The van der Waals surface area contributed by atoms with Crippen molar-refractivity contribution in [2.75, 3.05) is 5.73 Å². The highest BCUT2D eigenvalue weighted by Crippen LogP contribution is 2.31.